The molecule has 0 aromatic heterocycles. The fourth-order valence-corrected chi connectivity index (χ4v) is 2.26. The smallest absolute Gasteiger partial charge is 0.331 e. The number of halogens is 1. The summed E-state index contributed by atoms with van der Waals surface area (Å²) >= 11 is 5.83. The van der Waals surface area contributed by atoms with E-state index < -0.39 is 18.5 Å². The van der Waals surface area contributed by atoms with Gasteiger partial charge in [-0.2, -0.15) is 0 Å². The molecule has 0 radical (unpaired) electrons. The highest BCUT2D eigenvalue weighted by atomic mass is 35.5. The van der Waals surface area contributed by atoms with Gasteiger partial charge in [0.25, 0.3) is 5.91 Å². The summed E-state index contributed by atoms with van der Waals surface area (Å²) in [6.45, 7) is -0.401. The number of anilines is 1. The molecule has 0 bridgehead atoms. The SMILES string of the molecule is COc1ccc(/C=C/C(=O)OCC(=O)Nc2cccc(Cl)c2)cc1OC. The molecule has 1 N–H and O–H groups in total. The topological polar surface area (TPSA) is 73.9 Å². The Labute approximate surface area is 156 Å². The fourth-order valence-electron chi connectivity index (χ4n) is 2.07. The van der Waals surface area contributed by atoms with Gasteiger partial charge in [-0.1, -0.05) is 23.7 Å². The van der Waals surface area contributed by atoms with Crippen LogP contribution in [0.15, 0.2) is 48.5 Å². The minimum Gasteiger partial charge on any atom is -0.493 e. The molecular weight excluding hydrogens is 358 g/mol. The zero-order valence-corrected chi connectivity index (χ0v) is 15.1. The maximum absolute atomic E-state index is 11.8. The number of rotatable bonds is 7. The maximum atomic E-state index is 11.8. The van der Waals surface area contributed by atoms with Crippen molar-refractivity contribution in [2.45, 2.75) is 0 Å². The van der Waals surface area contributed by atoms with Crippen molar-refractivity contribution in [3.63, 3.8) is 0 Å². The van der Waals surface area contributed by atoms with Gasteiger partial charge in [0, 0.05) is 16.8 Å². The molecule has 0 unspecified atom stereocenters. The van der Waals surface area contributed by atoms with Gasteiger partial charge in [0.2, 0.25) is 0 Å². The molecule has 2 aromatic rings. The third kappa shape index (κ3) is 5.82. The fraction of sp³-hybridized carbons (Fsp3) is 0.158. The number of methoxy groups -OCH3 is 2. The Balaban J connectivity index is 1.86. The van der Waals surface area contributed by atoms with Gasteiger partial charge in [0.15, 0.2) is 18.1 Å². The summed E-state index contributed by atoms with van der Waals surface area (Å²) in [5, 5.41) is 3.08. The molecule has 0 saturated carbocycles. The zero-order valence-electron chi connectivity index (χ0n) is 14.3. The monoisotopic (exact) mass is 375 g/mol. The Hall–Kier alpha value is -2.99. The van der Waals surface area contributed by atoms with Crippen molar-refractivity contribution in [2.75, 3.05) is 26.1 Å². The van der Waals surface area contributed by atoms with Crippen LogP contribution in [0.4, 0.5) is 5.69 Å². The molecule has 0 fully saturated rings. The lowest BCUT2D eigenvalue weighted by atomic mass is 10.2. The Morgan fingerprint density at radius 3 is 2.54 bits per heavy atom. The molecule has 0 aliphatic heterocycles. The van der Waals surface area contributed by atoms with Crippen LogP contribution in [0, 0.1) is 0 Å². The van der Waals surface area contributed by atoms with Crippen molar-refractivity contribution in [1.29, 1.82) is 0 Å². The molecule has 2 aromatic carbocycles. The van der Waals surface area contributed by atoms with Gasteiger partial charge >= 0.3 is 5.97 Å². The van der Waals surface area contributed by atoms with Crippen LogP contribution in [0.5, 0.6) is 11.5 Å². The third-order valence-electron chi connectivity index (χ3n) is 3.27. The Bertz CT molecular complexity index is 819. The largest absolute Gasteiger partial charge is 0.493 e. The van der Waals surface area contributed by atoms with Crippen LogP contribution in [0.1, 0.15) is 5.56 Å². The molecule has 2 rings (SSSR count). The predicted molar refractivity (Wildman–Crippen MR) is 99.6 cm³/mol. The number of ether oxygens (including phenoxy) is 3. The average molecular weight is 376 g/mol. The van der Waals surface area contributed by atoms with Gasteiger partial charge in [0.1, 0.15) is 0 Å². The quantitative estimate of drug-likeness (QED) is 0.591. The van der Waals surface area contributed by atoms with Crippen LogP contribution < -0.4 is 14.8 Å². The average Bonchev–Trinajstić information content (AvgIpc) is 2.64. The van der Waals surface area contributed by atoms with E-state index in [-0.39, 0.29) is 0 Å². The first-order valence-electron chi connectivity index (χ1n) is 7.64. The van der Waals surface area contributed by atoms with Crippen LogP contribution in [0.2, 0.25) is 5.02 Å². The maximum Gasteiger partial charge on any atom is 0.331 e. The summed E-state index contributed by atoms with van der Waals surface area (Å²) in [7, 11) is 3.07. The second-order valence-corrected chi connectivity index (χ2v) is 5.55. The van der Waals surface area contributed by atoms with Crippen molar-refractivity contribution in [3.8, 4) is 11.5 Å². The number of amides is 1. The first-order chi connectivity index (χ1) is 12.5. The summed E-state index contributed by atoms with van der Waals surface area (Å²) in [5.74, 6) is 0.0370. The molecule has 136 valence electrons. The lowest BCUT2D eigenvalue weighted by Gasteiger charge is -2.07. The van der Waals surface area contributed by atoms with E-state index in [1.165, 1.54) is 13.2 Å². The highest BCUT2D eigenvalue weighted by molar-refractivity contribution is 6.30. The van der Waals surface area contributed by atoms with E-state index in [1.807, 2.05) is 0 Å². The van der Waals surface area contributed by atoms with E-state index in [2.05, 4.69) is 5.32 Å². The summed E-state index contributed by atoms with van der Waals surface area (Å²) in [6, 6.07) is 11.9. The van der Waals surface area contributed by atoms with Gasteiger partial charge in [-0.15, -0.1) is 0 Å². The molecule has 0 spiro atoms. The minimum atomic E-state index is -0.638. The highest BCUT2D eigenvalue weighted by Gasteiger charge is 2.07. The molecule has 7 heteroatoms. The second kappa shape index (κ2) is 9.48. The van der Waals surface area contributed by atoms with E-state index in [4.69, 9.17) is 25.8 Å². The van der Waals surface area contributed by atoms with E-state index in [1.54, 1.807) is 55.7 Å². The third-order valence-corrected chi connectivity index (χ3v) is 3.51. The van der Waals surface area contributed by atoms with Crippen molar-refractivity contribution in [2.24, 2.45) is 0 Å². The number of benzene rings is 2. The van der Waals surface area contributed by atoms with E-state index in [0.29, 0.717) is 22.2 Å². The molecule has 26 heavy (non-hydrogen) atoms. The molecule has 0 aliphatic carbocycles. The Morgan fingerprint density at radius 2 is 1.85 bits per heavy atom. The van der Waals surface area contributed by atoms with Gasteiger partial charge in [0.05, 0.1) is 14.2 Å². The molecular formula is C19H18ClNO5. The summed E-state index contributed by atoms with van der Waals surface area (Å²) in [5.41, 5.74) is 1.25. The molecule has 0 saturated heterocycles. The number of hydrogen-bond acceptors (Lipinski definition) is 5. The second-order valence-electron chi connectivity index (χ2n) is 5.11. The van der Waals surface area contributed by atoms with Crippen molar-refractivity contribution in [3.05, 3.63) is 59.1 Å². The molecule has 1 amide bonds. The van der Waals surface area contributed by atoms with Gasteiger partial charge in [-0.25, -0.2) is 4.79 Å². The summed E-state index contributed by atoms with van der Waals surface area (Å²) in [4.78, 5) is 23.5. The predicted octanol–water partition coefficient (Wildman–Crippen LogP) is 3.55. The summed E-state index contributed by atoms with van der Waals surface area (Å²) in [6.07, 6.45) is 2.78. The van der Waals surface area contributed by atoms with Gasteiger partial charge < -0.3 is 19.5 Å². The van der Waals surface area contributed by atoms with Crippen LogP contribution in [-0.4, -0.2) is 32.7 Å². The Kier molecular flexibility index (Phi) is 7.05. The number of esters is 1. The minimum absolute atomic E-state index is 0.401. The summed E-state index contributed by atoms with van der Waals surface area (Å²) < 4.78 is 15.2. The molecule has 6 nitrogen and oxygen atoms in total. The normalized spacial score (nSPS) is 10.4. The van der Waals surface area contributed by atoms with E-state index in [0.717, 1.165) is 5.56 Å². The number of carbonyl (C=O) groups is 2. The van der Waals surface area contributed by atoms with Crippen LogP contribution in [0.25, 0.3) is 6.08 Å². The van der Waals surface area contributed by atoms with Crippen LogP contribution in [-0.2, 0) is 14.3 Å². The number of nitrogens with one attached hydrogen (secondary N) is 1. The lowest BCUT2D eigenvalue weighted by molar-refractivity contribution is -0.142. The van der Waals surface area contributed by atoms with Crippen molar-refractivity contribution >= 4 is 35.2 Å². The molecule has 0 atom stereocenters. The van der Waals surface area contributed by atoms with E-state index >= 15 is 0 Å². The lowest BCUT2D eigenvalue weighted by Crippen LogP contribution is -2.20. The highest BCUT2D eigenvalue weighted by Crippen LogP contribution is 2.27. The Morgan fingerprint density at radius 1 is 1.08 bits per heavy atom. The van der Waals surface area contributed by atoms with Crippen molar-refractivity contribution in [1.82, 2.24) is 0 Å². The number of hydrogen-bond donors (Lipinski definition) is 1. The van der Waals surface area contributed by atoms with Gasteiger partial charge in [-0.05, 0) is 42.0 Å². The van der Waals surface area contributed by atoms with Gasteiger partial charge in [-0.3, -0.25) is 4.79 Å². The molecule has 0 heterocycles. The standard InChI is InChI=1S/C19H18ClNO5/c1-24-16-8-6-13(10-17(16)25-2)7-9-19(23)26-12-18(22)21-15-5-3-4-14(20)11-15/h3-11H,12H2,1-2H3,(H,21,22)/b9-7+. The first-order valence-corrected chi connectivity index (χ1v) is 8.02. The van der Waals surface area contributed by atoms with Crippen LogP contribution in [0.3, 0.4) is 0 Å². The molecule has 0 aliphatic rings. The first kappa shape index (κ1) is 19.3. The van der Waals surface area contributed by atoms with Crippen molar-refractivity contribution < 1.29 is 23.8 Å². The van der Waals surface area contributed by atoms with E-state index in [9.17, 15) is 9.59 Å². The zero-order chi connectivity index (χ0) is 18.9. The van der Waals surface area contributed by atoms with Crippen LogP contribution >= 0.6 is 11.6 Å². The number of carbonyl (C=O) groups excluding carboxylic acids is 2.